The highest BCUT2D eigenvalue weighted by Crippen LogP contribution is 2.34. The number of rotatable bonds is 4. The van der Waals surface area contributed by atoms with Crippen LogP contribution < -0.4 is 4.74 Å². The van der Waals surface area contributed by atoms with Gasteiger partial charge in [-0.25, -0.2) is 0 Å². The number of hydrogen-bond acceptors (Lipinski definition) is 5. The van der Waals surface area contributed by atoms with Crippen molar-refractivity contribution in [1.82, 2.24) is 0 Å². The van der Waals surface area contributed by atoms with Crippen LogP contribution in [0.2, 0.25) is 0 Å². The third-order valence-electron chi connectivity index (χ3n) is 3.08. The Hall–Kier alpha value is -1.66. The minimum absolute atomic E-state index is 0.0724. The average Bonchev–Trinajstić information content (AvgIpc) is 2.28. The van der Waals surface area contributed by atoms with E-state index in [1.807, 2.05) is 6.92 Å². The standard InChI is InChI=1S/C12H15NO5/c1-7-3-4-8(13(15)16)10(5-7)18-11-6-9(14)12(11)17-2/h3-5,9,11-12,14H,6H2,1-2H3. The number of ether oxygens (including phenoxy) is 2. The fourth-order valence-electron chi connectivity index (χ4n) is 2.01. The van der Waals surface area contributed by atoms with Crippen LogP contribution in [0.15, 0.2) is 18.2 Å². The number of hydrogen-bond donors (Lipinski definition) is 1. The molecule has 2 rings (SSSR count). The predicted octanol–water partition coefficient (Wildman–Crippen LogP) is 1.43. The fraction of sp³-hybridized carbons (Fsp3) is 0.500. The number of nitro benzene ring substituents is 1. The molecule has 1 N–H and O–H groups in total. The SMILES string of the molecule is COC1C(O)CC1Oc1cc(C)ccc1[N+](=O)[O-]. The molecule has 1 aromatic rings. The number of nitro groups is 1. The number of methoxy groups -OCH3 is 1. The third-order valence-corrected chi connectivity index (χ3v) is 3.08. The number of aryl methyl sites for hydroxylation is 1. The number of aliphatic hydroxyl groups excluding tert-OH is 1. The summed E-state index contributed by atoms with van der Waals surface area (Å²) in [5, 5.41) is 20.3. The molecule has 0 heterocycles. The lowest BCUT2D eigenvalue weighted by Gasteiger charge is -2.39. The number of benzene rings is 1. The van der Waals surface area contributed by atoms with Crippen molar-refractivity contribution in [3.05, 3.63) is 33.9 Å². The van der Waals surface area contributed by atoms with Gasteiger partial charge in [-0.1, -0.05) is 6.07 Å². The van der Waals surface area contributed by atoms with Gasteiger partial charge in [0.25, 0.3) is 0 Å². The smallest absolute Gasteiger partial charge is 0.310 e. The molecule has 0 bridgehead atoms. The van der Waals surface area contributed by atoms with Gasteiger partial charge < -0.3 is 14.6 Å². The molecular formula is C12H15NO5. The Kier molecular flexibility index (Phi) is 3.49. The Morgan fingerprint density at radius 1 is 1.50 bits per heavy atom. The van der Waals surface area contributed by atoms with Gasteiger partial charge in [0.1, 0.15) is 12.2 Å². The van der Waals surface area contributed by atoms with E-state index in [0.29, 0.717) is 6.42 Å². The summed E-state index contributed by atoms with van der Waals surface area (Å²) in [6, 6.07) is 4.70. The van der Waals surface area contributed by atoms with Gasteiger partial charge in [-0.15, -0.1) is 0 Å². The molecule has 1 aliphatic rings. The Bertz CT molecular complexity index is 462. The average molecular weight is 253 g/mol. The molecule has 3 unspecified atom stereocenters. The quantitative estimate of drug-likeness (QED) is 0.648. The van der Waals surface area contributed by atoms with Crippen molar-refractivity contribution in [2.75, 3.05) is 7.11 Å². The molecule has 0 amide bonds. The Labute approximate surface area is 104 Å². The van der Waals surface area contributed by atoms with Crippen LogP contribution in [0.25, 0.3) is 0 Å². The zero-order valence-corrected chi connectivity index (χ0v) is 10.2. The van der Waals surface area contributed by atoms with E-state index in [4.69, 9.17) is 9.47 Å². The summed E-state index contributed by atoms with van der Waals surface area (Å²) in [6.07, 6.45) is -0.914. The third kappa shape index (κ3) is 2.30. The molecule has 18 heavy (non-hydrogen) atoms. The highest BCUT2D eigenvalue weighted by atomic mass is 16.6. The maximum Gasteiger partial charge on any atom is 0.310 e. The predicted molar refractivity (Wildman–Crippen MR) is 63.7 cm³/mol. The second-order valence-corrected chi connectivity index (χ2v) is 4.39. The lowest BCUT2D eigenvalue weighted by Crippen LogP contribution is -2.54. The second-order valence-electron chi connectivity index (χ2n) is 4.39. The molecule has 0 aliphatic heterocycles. The van der Waals surface area contributed by atoms with Crippen molar-refractivity contribution in [2.24, 2.45) is 0 Å². The molecule has 0 aromatic heterocycles. The normalized spacial score (nSPS) is 26.5. The molecule has 0 saturated heterocycles. The van der Waals surface area contributed by atoms with Gasteiger partial charge in [0.05, 0.1) is 11.0 Å². The van der Waals surface area contributed by atoms with Crippen molar-refractivity contribution in [3.8, 4) is 5.75 Å². The zero-order valence-electron chi connectivity index (χ0n) is 10.2. The molecular weight excluding hydrogens is 238 g/mol. The minimum Gasteiger partial charge on any atom is -0.481 e. The molecule has 1 fully saturated rings. The van der Waals surface area contributed by atoms with Crippen LogP contribution in [0, 0.1) is 17.0 Å². The second kappa shape index (κ2) is 4.91. The van der Waals surface area contributed by atoms with E-state index in [2.05, 4.69) is 0 Å². The molecule has 1 aromatic carbocycles. The van der Waals surface area contributed by atoms with E-state index in [0.717, 1.165) is 5.56 Å². The van der Waals surface area contributed by atoms with E-state index >= 15 is 0 Å². The van der Waals surface area contributed by atoms with E-state index in [-0.39, 0.29) is 17.5 Å². The van der Waals surface area contributed by atoms with E-state index in [1.165, 1.54) is 13.2 Å². The molecule has 1 aliphatic carbocycles. The largest absolute Gasteiger partial charge is 0.481 e. The molecule has 0 radical (unpaired) electrons. The van der Waals surface area contributed by atoms with Gasteiger partial charge in [0, 0.05) is 19.6 Å². The highest BCUT2D eigenvalue weighted by molar-refractivity contribution is 5.48. The van der Waals surface area contributed by atoms with Crippen molar-refractivity contribution in [3.63, 3.8) is 0 Å². The first kappa shape index (κ1) is 12.8. The van der Waals surface area contributed by atoms with Crippen LogP contribution in [0.1, 0.15) is 12.0 Å². The summed E-state index contributed by atoms with van der Waals surface area (Å²) in [7, 11) is 1.48. The first-order valence-electron chi connectivity index (χ1n) is 5.65. The van der Waals surface area contributed by atoms with Crippen LogP contribution in [0.3, 0.4) is 0 Å². The van der Waals surface area contributed by atoms with E-state index < -0.39 is 17.1 Å². The lowest BCUT2D eigenvalue weighted by atomic mass is 9.88. The van der Waals surface area contributed by atoms with Crippen molar-refractivity contribution in [2.45, 2.75) is 31.7 Å². The molecule has 0 spiro atoms. The maximum atomic E-state index is 10.9. The topological polar surface area (TPSA) is 81.8 Å². The summed E-state index contributed by atoms with van der Waals surface area (Å²) in [5.74, 6) is 0.221. The summed E-state index contributed by atoms with van der Waals surface area (Å²) >= 11 is 0. The molecule has 3 atom stereocenters. The van der Waals surface area contributed by atoms with Gasteiger partial charge in [-0.05, 0) is 18.6 Å². The van der Waals surface area contributed by atoms with Crippen LogP contribution in [-0.2, 0) is 4.74 Å². The van der Waals surface area contributed by atoms with Crippen molar-refractivity contribution >= 4 is 5.69 Å². The number of nitrogens with zero attached hydrogens (tertiary/aromatic N) is 1. The van der Waals surface area contributed by atoms with Gasteiger partial charge in [0.2, 0.25) is 0 Å². The summed E-state index contributed by atoms with van der Waals surface area (Å²) < 4.78 is 10.6. The number of aliphatic hydroxyl groups is 1. The first-order chi connectivity index (χ1) is 8.52. The van der Waals surface area contributed by atoms with Crippen LogP contribution >= 0.6 is 0 Å². The first-order valence-corrected chi connectivity index (χ1v) is 5.65. The highest BCUT2D eigenvalue weighted by Gasteiger charge is 2.43. The van der Waals surface area contributed by atoms with E-state index in [1.54, 1.807) is 12.1 Å². The fourth-order valence-corrected chi connectivity index (χ4v) is 2.01. The Balaban J connectivity index is 2.18. The summed E-state index contributed by atoms with van der Waals surface area (Å²) in [4.78, 5) is 10.4. The molecule has 6 heteroatoms. The summed E-state index contributed by atoms with van der Waals surface area (Å²) in [6.45, 7) is 1.83. The molecule has 6 nitrogen and oxygen atoms in total. The van der Waals surface area contributed by atoms with Crippen molar-refractivity contribution in [1.29, 1.82) is 0 Å². The van der Waals surface area contributed by atoms with Crippen LogP contribution in [-0.4, -0.2) is 35.5 Å². The zero-order chi connectivity index (χ0) is 13.3. The lowest BCUT2D eigenvalue weighted by molar-refractivity contribution is -0.386. The monoisotopic (exact) mass is 253 g/mol. The summed E-state index contributed by atoms with van der Waals surface area (Å²) in [5.41, 5.74) is 0.807. The molecule has 1 saturated carbocycles. The Morgan fingerprint density at radius 3 is 2.78 bits per heavy atom. The van der Waals surface area contributed by atoms with Crippen molar-refractivity contribution < 1.29 is 19.5 Å². The minimum atomic E-state index is -0.566. The van der Waals surface area contributed by atoms with Crippen LogP contribution in [0.5, 0.6) is 5.75 Å². The van der Waals surface area contributed by atoms with Gasteiger partial charge in [0.15, 0.2) is 5.75 Å². The van der Waals surface area contributed by atoms with E-state index in [9.17, 15) is 15.2 Å². The maximum absolute atomic E-state index is 10.9. The Morgan fingerprint density at radius 2 is 2.22 bits per heavy atom. The van der Waals surface area contributed by atoms with Gasteiger partial charge >= 0.3 is 5.69 Å². The van der Waals surface area contributed by atoms with Gasteiger partial charge in [-0.3, -0.25) is 10.1 Å². The van der Waals surface area contributed by atoms with Gasteiger partial charge in [-0.2, -0.15) is 0 Å². The van der Waals surface area contributed by atoms with Crippen LogP contribution in [0.4, 0.5) is 5.69 Å². The molecule has 98 valence electrons.